The van der Waals surface area contributed by atoms with Gasteiger partial charge in [0.25, 0.3) is 0 Å². The molecule has 1 amide bonds. The van der Waals surface area contributed by atoms with Crippen molar-refractivity contribution >= 4 is 5.91 Å². The zero-order chi connectivity index (χ0) is 11.9. The Balaban J connectivity index is 1.60. The van der Waals surface area contributed by atoms with Crippen molar-refractivity contribution in [3.63, 3.8) is 0 Å². The Morgan fingerprint density at radius 2 is 2.35 bits per heavy atom. The highest BCUT2D eigenvalue weighted by Gasteiger charge is 2.46. The van der Waals surface area contributed by atoms with Gasteiger partial charge in [-0.05, 0) is 35.8 Å². The SMILES string of the molecule is CC1(C2CC2)CCN(C(=O)Cn2ncnn2)C1. The van der Waals surface area contributed by atoms with Crippen LogP contribution in [-0.4, -0.2) is 44.1 Å². The lowest BCUT2D eigenvalue weighted by atomic mass is 9.84. The predicted octanol–water partition coefficient (Wildman–Crippen LogP) is 0.322. The fraction of sp³-hybridized carbons (Fsp3) is 0.818. The van der Waals surface area contributed by atoms with E-state index < -0.39 is 0 Å². The summed E-state index contributed by atoms with van der Waals surface area (Å²) in [6.07, 6.45) is 5.16. The number of carbonyl (C=O) groups is 1. The van der Waals surface area contributed by atoms with E-state index in [1.807, 2.05) is 4.90 Å². The number of aromatic nitrogens is 4. The van der Waals surface area contributed by atoms with Crippen molar-refractivity contribution in [1.29, 1.82) is 0 Å². The summed E-state index contributed by atoms with van der Waals surface area (Å²) in [6, 6.07) is 0. The van der Waals surface area contributed by atoms with Gasteiger partial charge in [0.05, 0.1) is 0 Å². The van der Waals surface area contributed by atoms with Crippen molar-refractivity contribution in [3.8, 4) is 0 Å². The maximum absolute atomic E-state index is 12.0. The molecule has 1 unspecified atom stereocenters. The molecule has 17 heavy (non-hydrogen) atoms. The Hall–Kier alpha value is -1.46. The van der Waals surface area contributed by atoms with Crippen molar-refractivity contribution in [1.82, 2.24) is 25.1 Å². The Morgan fingerprint density at radius 1 is 1.53 bits per heavy atom. The summed E-state index contributed by atoms with van der Waals surface area (Å²) < 4.78 is 0. The van der Waals surface area contributed by atoms with Gasteiger partial charge in [-0.2, -0.15) is 4.80 Å². The maximum Gasteiger partial charge on any atom is 0.246 e. The third-order valence-electron chi connectivity index (χ3n) is 4.09. The molecule has 6 nitrogen and oxygen atoms in total. The third kappa shape index (κ3) is 2.03. The van der Waals surface area contributed by atoms with E-state index in [4.69, 9.17) is 0 Å². The fourth-order valence-corrected chi connectivity index (χ4v) is 2.79. The first kappa shape index (κ1) is 10.7. The van der Waals surface area contributed by atoms with Gasteiger partial charge in [-0.25, -0.2) is 0 Å². The van der Waals surface area contributed by atoms with Crippen molar-refractivity contribution < 1.29 is 4.79 Å². The highest BCUT2D eigenvalue weighted by molar-refractivity contribution is 5.76. The van der Waals surface area contributed by atoms with Crippen LogP contribution < -0.4 is 0 Å². The van der Waals surface area contributed by atoms with E-state index in [-0.39, 0.29) is 12.5 Å². The molecule has 92 valence electrons. The zero-order valence-electron chi connectivity index (χ0n) is 10.0. The molecule has 6 heteroatoms. The van der Waals surface area contributed by atoms with Gasteiger partial charge in [-0.1, -0.05) is 6.92 Å². The van der Waals surface area contributed by atoms with Gasteiger partial charge in [0.1, 0.15) is 6.54 Å². The van der Waals surface area contributed by atoms with Crippen LogP contribution in [0.2, 0.25) is 0 Å². The molecule has 1 aromatic rings. The Bertz CT molecular complexity index is 414. The molecule has 1 aromatic heterocycles. The van der Waals surface area contributed by atoms with E-state index >= 15 is 0 Å². The van der Waals surface area contributed by atoms with Crippen molar-refractivity contribution in [2.45, 2.75) is 32.7 Å². The van der Waals surface area contributed by atoms with Crippen LogP contribution in [0.4, 0.5) is 0 Å². The predicted molar refractivity (Wildman–Crippen MR) is 59.8 cm³/mol. The molecule has 3 rings (SSSR count). The minimum absolute atomic E-state index is 0.104. The number of rotatable bonds is 3. The van der Waals surface area contributed by atoms with E-state index in [0.717, 1.165) is 25.4 Å². The molecule has 2 aliphatic rings. The molecule has 0 radical (unpaired) electrons. The highest BCUT2D eigenvalue weighted by Crippen LogP contribution is 2.50. The summed E-state index contributed by atoms with van der Waals surface area (Å²) in [4.78, 5) is 15.3. The van der Waals surface area contributed by atoms with Crippen LogP contribution in [0.15, 0.2) is 6.33 Å². The third-order valence-corrected chi connectivity index (χ3v) is 4.09. The molecule has 1 saturated heterocycles. The highest BCUT2D eigenvalue weighted by atomic mass is 16.2. The molecule has 2 heterocycles. The number of nitrogens with zero attached hydrogens (tertiary/aromatic N) is 5. The second-order valence-electron chi connectivity index (χ2n) is 5.46. The number of hydrogen-bond donors (Lipinski definition) is 0. The van der Waals surface area contributed by atoms with Gasteiger partial charge in [-0.15, -0.1) is 10.2 Å². The smallest absolute Gasteiger partial charge is 0.246 e. The molecule has 1 atom stereocenters. The maximum atomic E-state index is 12.0. The van der Waals surface area contributed by atoms with E-state index in [9.17, 15) is 4.79 Å². The number of carbonyl (C=O) groups excluding carboxylic acids is 1. The number of hydrogen-bond acceptors (Lipinski definition) is 4. The van der Waals surface area contributed by atoms with Crippen LogP contribution in [0.1, 0.15) is 26.2 Å². The average molecular weight is 235 g/mol. The Kier molecular flexibility index (Phi) is 2.38. The quantitative estimate of drug-likeness (QED) is 0.757. The summed E-state index contributed by atoms with van der Waals surface area (Å²) in [5.74, 6) is 0.942. The number of tetrazole rings is 1. The second kappa shape index (κ2) is 3.78. The zero-order valence-corrected chi connectivity index (χ0v) is 10.0. The minimum Gasteiger partial charge on any atom is -0.340 e. The standard InChI is InChI=1S/C11H17N5O/c1-11(9-2-3-9)4-5-15(7-11)10(17)6-16-13-8-12-14-16/h8-9H,2-7H2,1H3. The fourth-order valence-electron chi connectivity index (χ4n) is 2.79. The molecule has 1 saturated carbocycles. The summed E-state index contributed by atoms with van der Waals surface area (Å²) in [5.41, 5.74) is 0.353. The Labute approximate surface area is 100.0 Å². The van der Waals surface area contributed by atoms with Crippen LogP contribution in [0.25, 0.3) is 0 Å². The first-order chi connectivity index (χ1) is 8.17. The molecular weight excluding hydrogens is 218 g/mol. The molecule has 0 spiro atoms. The summed E-state index contributed by atoms with van der Waals surface area (Å²) >= 11 is 0. The Morgan fingerprint density at radius 3 is 3.00 bits per heavy atom. The topological polar surface area (TPSA) is 63.9 Å². The van der Waals surface area contributed by atoms with Gasteiger partial charge in [0, 0.05) is 13.1 Å². The number of likely N-dealkylation sites (tertiary alicyclic amines) is 1. The summed E-state index contributed by atoms with van der Waals surface area (Å²) in [6.45, 7) is 4.29. The molecule has 0 aromatic carbocycles. The first-order valence-electron chi connectivity index (χ1n) is 6.16. The first-order valence-corrected chi connectivity index (χ1v) is 6.16. The van der Waals surface area contributed by atoms with Crippen molar-refractivity contribution in [3.05, 3.63) is 6.33 Å². The molecule has 1 aliphatic carbocycles. The second-order valence-corrected chi connectivity index (χ2v) is 5.46. The van der Waals surface area contributed by atoms with E-state index in [2.05, 4.69) is 22.3 Å². The summed E-state index contributed by atoms with van der Waals surface area (Å²) in [5, 5.41) is 11.2. The van der Waals surface area contributed by atoms with Crippen LogP contribution in [0.5, 0.6) is 0 Å². The molecule has 2 fully saturated rings. The van der Waals surface area contributed by atoms with Gasteiger partial charge >= 0.3 is 0 Å². The van der Waals surface area contributed by atoms with Crippen LogP contribution in [0.3, 0.4) is 0 Å². The van der Waals surface area contributed by atoms with E-state index in [1.54, 1.807) is 0 Å². The number of amides is 1. The van der Waals surface area contributed by atoms with E-state index in [0.29, 0.717) is 5.41 Å². The van der Waals surface area contributed by atoms with Crippen molar-refractivity contribution in [2.24, 2.45) is 11.3 Å². The lowest BCUT2D eigenvalue weighted by molar-refractivity contribution is -0.131. The summed E-state index contributed by atoms with van der Waals surface area (Å²) in [7, 11) is 0. The van der Waals surface area contributed by atoms with Crippen LogP contribution in [0, 0.1) is 11.3 Å². The van der Waals surface area contributed by atoms with Crippen molar-refractivity contribution in [2.75, 3.05) is 13.1 Å². The average Bonchev–Trinajstić information content (AvgIpc) is 2.92. The van der Waals surface area contributed by atoms with Crippen LogP contribution in [-0.2, 0) is 11.3 Å². The normalized spacial score (nSPS) is 28.6. The minimum atomic E-state index is 0.104. The molecule has 1 aliphatic heterocycles. The molecular formula is C11H17N5O. The molecule has 0 bridgehead atoms. The van der Waals surface area contributed by atoms with Gasteiger partial charge in [0.15, 0.2) is 6.33 Å². The largest absolute Gasteiger partial charge is 0.340 e. The lowest BCUT2D eigenvalue weighted by Crippen LogP contribution is -2.34. The molecule has 0 N–H and O–H groups in total. The lowest BCUT2D eigenvalue weighted by Gasteiger charge is -2.24. The van der Waals surface area contributed by atoms with Crippen LogP contribution >= 0.6 is 0 Å². The van der Waals surface area contributed by atoms with Gasteiger partial charge in [0.2, 0.25) is 5.91 Å². The van der Waals surface area contributed by atoms with E-state index in [1.165, 1.54) is 24.0 Å². The van der Waals surface area contributed by atoms with Gasteiger partial charge < -0.3 is 4.90 Å². The monoisotopic (exact) mass is 235 g/mol. The van der Waals surface area contributed by atoms with Gasteiger partial charge in [-0.3, -0.25) is 4.79 Å².